The summed E-state index contributed by atoms with van der Waals surface area (Å²) in [6, 6.07) is 7.55. The molecule has 2 aliphatic carbocycles. The summed E-state index contributed by atoms with van der Waals surface area (Å²) in [5.74, 6) is 0.646. The molecular weight excluding hydrogens is 376 g/mol. The molecule has 1 aliphatic heterocycles. The van der Waals surface area contributed by atoms with Gasteiger partial charge in [0.05, 0.1) is 0 Å². The van der Waals surface area contributed by atoms with E-state index in [2.05, 4.69) is 69.0 Å². The zero-order chi connectivity index (χ0) is 22.3. The number of nitrogens with two attached hydrogens (primary N) is 1. The minimum absolute atomic E-state index is 0.384. The third-order valence-corrected chi connectivity index (χ3v) is 8.00. The van der Waals surface area contributed by atoms with Gasteiger partial charge >= 0.3 is 0 Å². The van der Waals surface area contributed by atoms with E-state index in [1.807, 2.05) is 0 Å². The molecule has 2 atom stereocenters. The molecule has 31 heavy (non-hydrogen) atoms. The van der Waals surface area contributed by atoms with Crippen LogP contribution in [0.2, 0.25) is 0 Å². The predicted octanol–water partition coefficient (Wildman–Crippen LogP) is 7.06. The average Bonchev–Trinajstić information content (AvgIpc) is 3.20. The van der Waals surface area contributed by atoms with E-state index in [1.54, 1.807) is 5.56 Å². The molecule has 2 fully saturated rings. The van der Waals surface area contributed by atoms with Gasteiger partial charge in [0, 0.05) is 25.0 Å². The fourth-order valence-electron chi connectivity index (χ4n) is 5.63. The smallest absolute Gasteiger partial charge is 0.0180 e. The summed E-state index contributed by atoms with van der Waals surface area (Å²) in [6.07, 6.45) is 18.6. The van der Waals surface area contributed by atoms with E-state index < -0.39 is 0 Å². The summed E-state index contributed by atoms with van der Waals surface area (Å²) in [4.78, 5) is 2.62. The lowest BCUT2D eigenvalue weighted by atomic mass is 9.64. The van der Waals surface area contributed by atoms with Crippen LogP contribution in [0.5, 0.6) is 0 Å². The molecule has 2 N–H and O–H groups in total. The lowest BCUT2D eigenvalue weighted by Gasteiger charge is -2.43. The minimum Gasteiger partial charge on any atom is -0.326 e. The summed E-state index contributed by atoms with van der Waals surface area (Å²) in [5, 5.41) is 0. The largest absolute Gasteiger partial charge is 0.326 e. The van der Waals surface area contributed by atoms with Crippen LogP contribution in [0.15, 0.2) is 42.0 Å². The molecule has 172 valence electrons. The van der Waals surface area contributed by atoms with Crippen LogP contribution in [0.4, 0.5) is 0 Å². The SMILES string of the molecule is CCC1=CCCC=C1.Cc1ccc(C(CN2CCC(N)C2)C2(C)CCCCC2)cc1C. The molecule has 2 unspecified atom stereocenters. The van der Waals surface area contributed by atoms with Crippen molar-refractivity contribution < 1.29 is 0 Å². The van der Waals surface area contributed by atoms with Gasteiger partial charge in [-0.05, 0) is 81.0 Å². The first-order valence-corrected chi connectivity index (χ1v) is 12.8. The van der Waals surface area contributed by atoms with Crippen LogP contribution in [-0.2, 0) is 0 Å². The Labute approximate surface area is 192 Å². The highest BCUT2D eigenvalue weighted by molar-refractivity contribution is 5.33. The number of benzene rings is 1. The zero-order valence-corrected chi connectivity index (χ0v) is 20.6. The average molecular weight is 423 g/mol. The molecule has 0 radical (unpaired) electrons. The molecule has 1 aromatic rings. The molecular formula is C29H46N2. The van der Waals surface area contributed by atoms with Gasteiger partial charge in [0.1, 0.15) is 0 Å². The number of aryl methyl sites for hydroxylation is 2. The fraction of sp³-hybridized carbons (Fsp3) is 0.655. The minimum atomic E-state index is 0.384. The van der Waals surface area contributed by atoms with E-state index in [-0.39, 0.29) is 0 Å². The maximum atomic E-state index is 6.15. The third-order valence-electron chi connectivity index (χ3n) is 8.00. The second-order valence-electron chi connectivity index (χ2n) is 10.5. The summed E-state index contributed by atoms with van der Waals surface area (Å²) in [7, 11) is 0. The van der Waals surface area contributed by atoms with Gasteiger partial charge in [-0.1, -0.05) is 75.1 Å². The van der Waals surface area contributed by atoms with Crippen LogP contribution in [0.25, 0.3) is 0 Å². The second-order valence-corrected chi connectivity index (χ2v) is 10.5. The molecule has 1 aromatic carbocycles. The monoisotopic (exact) mass is 422 g/mol. The quantitative estimate of drug-likeness (QED) is 0.550. The number of hydrogen-bond acceptors (Lipinski definition) is 2. The van der Waals surface area contributed by atoms with Crippen LogP contribution >= 0.6 is 0 Å². The Morgan fingerprint density at radius 1 is 1.10 bits per heavy atom. The molecule has 1 heterocycles. The van der Waals surface area contributed by atoms with Gasteiger partial charge in [-0.25, -0.2) is 0 Å². The molecule has 0 aromatic heterocycles. The van der Waals surface area contributed by atoms with Gasteiger partial charge in [-0.15, -0.1) is 0 Å². The van der Waals surface area contributed by atoms with Gasteiger partial charge in [0.15, 0.2) is 0 Å². The number of nitrogens with zero attached hydrogens (tertiary/aromatic N) is 1. The fourth-order valence-corrected chi connectivity index (χ4v) is 5.63. The molecule has 2 nitrogen and oxygen atoms in total. The Balaban J connectivity index is 0.000000287. The van der Waals surface area contributed by atoms with Crippen molar-refractivity contribution in [2.45, 2.75) is 97.4 Å². The highest BCUT2D eigenvalue weighted by Crippen LogP contribution is 2.47. The Hall–Kier alpha value is -1.38. The molecule has 1 saturated carbocycles. The molecule has 0 spiro atoms. The van der Waals surface area contributed by atoms with E-state index in [9.17, 15) is 0 Å². The topological polar surface area (TPSA) is 29.3 Å². The maximum Gasteiger partial charge on any atom is 0.0180 e. The van der Waals surface area contributed by atoms with E-state index >= 15 is 0 Å². The number of rotatable bonds is 5. The van der Waals surface area contributed by atoms with Crippen molar-refractivity contribution in [3.63, 3.8) is 0 Å². The summed E-state index contributed by atoms with van der Waals surface area (Å²) in [6.45, 7) is 12.7. The zero-order valence-electron chi connectivity index (χ0n) is 20.6. The molecule has 1 saturated heterocycles. The van der Waals surface area contributed by atoms with Crippen molar-refractivity contribution in [3.05, 3.63) is 58.7 Å². The van der Waals surface area contributed by atoms with Gasteiger partial charge in [-0.3, -0.25) is 0 Å². The van der Waals surface area contributed by atoms with Crippen molar-refractivity contribution in [1.29, 1.82) is 0 Å². The molecule has 0 bridgehead atoms. The molecule has 3 aliphatic rings. The van der Waals surface area contributed by atoms with Crippen molar-refractivity contribution in [1.82, 2.24) is 4.90 Å². The first-order chi connectivity index (χ1) is 14.9. The first kappa shape index (κ1) is 24.3. The lowest BCUT2D eigenvalue weighted by Crippen LogP contribution is -2.38. The van der Waals surface area contributed by atoms with Crippen molar-refractivity contribution in [3.8, 4) is 0 Å². The first-order valence-electron chi connectivity index (χ1n) is 12.8. The van der Waals surface area contributed by atoms with E-state index in [4.69, 9.17) is 5.73 Å². The number of likely N-dealkylation sites (tertiary alicyclic amines) is 1. The van der Waals surface area contributed by atoms with Gasteiger partial charge in [-0.2, -0.15) is 0 Å². The Kier molecular flexibility index (Phi) is 8.98. The Morgan fingerprint density at radius 3 is 2.42 bits per heavy atom. The Bertz CT molecular complexity index is 754. The molecule has 0 amide bonds. The summed E-state index contributed by atoms with van der Waals surface area (Å²) < 4.78 is 0. The van der Waals surface area contributed by atoms with Crippen LogP contribution in [-0.4, -0.2) is 30.6 Å². The predicted molar refractivity (Wildman–Crippen MR) is 136 cm³/mol. The molecule has 4 rings (SSSR count). The molecule has 2 heteroatoms. The van der Waals surface area contributed by atoms with Crippen molar-refractivity contribution in [2.24, 2.45) is 11.1 Å². The summed E-state index contributed by atoms with van der Waals surface area (Å²) in [5.41, 5.74) is 12.5. The normalized spacial score (nSPS) is 24.3. The number of hydrogen-bond donors (Lipinski definition) is 1. The third kappa shape index (κ3) is 6.80. The van der Waals surface area contributed by atoms with Crippen LogP contribution in [0.1, 0.15) is 94.2 Å². The van der Waals surface area contributed by atoms with Crippen molar-refractivity contribution >= 4 is 0 Å². The van der Waals surface area contributed by atoms with Crippen LogP contribution < -0.4 is 5.73 Å². The standard InChI is InChI=1S/C21H34N2.C8H12/c1-16-7-8-18(13-17(16)2)20(15-23-12-9-19(22)14-23)21(3)10-5-4-6-11-21;1-2-8-6-4-3-5-7-8/h7-8,13,19-20H,4-6,9-12,14-15,22H2,1-3H3;4,6-7H,2-3,5H2,1H3. The van der Waals surface area contributed by atoms with E-state index in [0.717, 1.165) is 13.0 Å². The Morgan fingerprint density at radius 2 is 1.87 bits per heavy atom. The maximum absolute atomic E-state index is 6.15. The highest BCUT2D eigenvalue weighted by atomic mass is 15.2. The van der Waals surface area contributed by atoms with Crippen molar-refractivity contribution in [2.75, 3.05) is 19.6 Å². The van der Waals surface area contributed by atoms with E-state index in [1.165, 1.54) is 81.2 Å². The van der Waals surface area contributed by atoms with Crippen LogP contribution in [0.3, 0.4) is 0 Å². The van der Waals surface area contributed by atoms with Gasteiger partial charge < -0.3 is 10.6 Å². The highest BCUT2D eigenvalue weighted by Gasteiger charge is 2.38. The number of allylic oxidation sites excluding steroid dienone is 4. The second kappa shape index (κ2) is 11.5. The van der Waals surface area contributed by atoms with Gasteiger partial charge in [0.2, 0.25) is 0 Å². The van der Waals surface area contributed by atoms with Crippen LogP contribution in [0, 0.1) is 19.3 Å². The summed E-state index contributed by atoms with van der Waals surface area (Å²) >= 11 is 0. The van der Waals surface area contributed by atoms with E-state index in [0.29, 0.717) is 17.4 Å². The lowest BCUT2D eigenvalue weighted by molar-refractivity contribution is 0.135. The van der Waals surface area contributed by atoms with Gasteiger partial charge in [0.25, 0.3) is 0 Å².